The van der Waals surface area contributed by atoms with E-state index < -0.39 is 0 Å². The van der Waals surface area contributed by atoms with Gasteiger partial charge in [0.2, 0.25) is 0 Å². The second-order valence-corrected chi connectivity index (χ2v) is 8.21. The fourth-order valence-corrected chi connectivity index (χ4v) is 4.34. The summed E-state index contributed by atoms with van der Waals surface area (Å²) in [6.07, 6.45) is 3.41. The molecule has 0 spiro atoms. The Labute approximate surface area is 178 Å². The number of halogens is 2. The molecule has 0 amide bonds. The van der Waals surface area contributed by atoms with Crippen LogP contribution >= 0.6 is 0 Å². The third-order valence-electron chi connectivity index (χ3n) is 5.87. The van der Waals surface area contributed by atoms with Crippen molar-refractivity contribution >= 4 is 16.6 Å². The molecule has 3 N–H and O–H groups in total. The highest BCUT2D eigenvalue weighted by Gasteiger charge is 2.25. The number of aryl methyl sites for hydroxylation is 1. The van der Waals surface area contributed by atoms with Gasteiger partial charge in [0.05, 0.1) is 17.6 Å². The molecule has 0 unspecified atom stereocenters. The lowest BCUT2D eigenvalue weighted by Gasteiger charge is -2.34. The maximum absolute atomic E-state index is 14.2. The number of nitrogens with one attached hydrogen (secondary N) is 1. The Morgan fingerprint density at radius 1 is 1.03 bits per heavy atom. The lowest BCUT2D eigenvalue weighted by Crippen LogP contribution is -2.40. The molecule has 2 aromatic carbocycles. The van der Waals surface area contributed by atoms with E-state index in [1.165, 1.54) is 24.3 Å². The van der Waals surface area contributed by atoms with Gasteiger partial charge in [0, 0.05) is 35.6 Å². The number of anilines is 1. The Morgan fingerprint density at radius 2 is 1.84 bits per heavy atom. The van der Waals surface area contributed by atoms with Crippen molar-refractivity contribution < 1.29 is 8.78 Å². The smallest absolute Gasteiger partial charge is 0.133 e. The zero-order valence-corrected chi connectivity index (χ0v) is 17.2. The van der Waals surface area contributed by atoms with Crippen molar-refractivity contribution in [2.45, 2.75) is 25.8 Å². The lowest BCUT2D eigenvalue weighted by atomic mass is 9.98. The summed E-state index contributed by atoms with van der Waals surface area (Å²) < 4.78 is 28.0. The summed E-state index contributed by atoms with van der Waals surface area (Å²) >= 11 is 0. The summed E-state index contributed by atoms with van der Waals surface area (Å²) in [5.74, 6) is -0.584. The van der Waals surface area contributed by atoms with Crippen molar-refractivity contribution in [3.63, 3.8) is 0 Å². The summed E-state index contributed by atoms with van der Waals surface area (Å²) in [6, 6.07) is 11.6. The maximum Gasteiger partial charge on any atom is 0.133 e. The van der Waals surface area contributed by atoms with Crippen LogP contribution in [-0.2, 0) is 0 Å². The lowest BCUT2D eigenvalue weighted by molar-refractivity contribution is 0.501. The topological polar surface area (TPSA) is 70.8 Å². The monoisotopic (exact) mass is 419 g/mol. The van der Waals surface area contributed by atoms with Gasteiger partial charge in [-0.3, -0.25) is 0 Å². The number of aromatic nitrogens is 3. The van der Waals surface area contributed by atoms with Crippen molar-refractivity contribution in [3.05, 3.63) is 65.9 Å². The average molecular weight is 419 g/mol. The summed E-state index contributed by atoms with van der Waals surface area (Å²) in [7, 11) is 0. The second-order valence-electron chi connectivity index (χ2n) is 8.21. The van der Waals surface area contributed by atoms with Crippen molar-refractivity contribution in [2.24, 2.45) is 5.73 Å². The third kappa shape index (κ3) is 3.77. The van der Waals surface area contributed by atoms with Gasteiger partial charge in [0.15, 0.2) is 0 Å². The fraction of sp³-hybridized carbons (Fsp3) is 0.250. The quantitative estimate of drug-likeness (QED) is 0.500. The van der Waals surface area contributed by atoms with E-state index in [9.17, 15) is 8.78 Å². The van der Waals surface area contributed by atoms with E-state index in [1.54, 1.807) is 12.3 Å². The molecule has 4 aromatic rings. The molecule has 158 valence electrons. The molecule has 1 saturated heterocycles. The van der Waals surface area contributed by atoms with Gasteiger partial charge in [0.1, 0.15) is 17.3 Å². The predicted molar refractivity (Wildman–Crippen MR) is 119 cm³/mol. The Bertz CT molecular complexity index is 1240. The van der Waals surface area contributed by atoms with Crippen molar-refractivity contribution in [1.82, 2.24) is 15.2 Å². The van der Waals surface area contributed by atoms with E-state index in [1.807, 2.05) is 19.1 Å². The number of fused-ring (bicyclic) bond motifs is 1. The van der Waals surface area contributed by atoms with E-state index in [4.69, 9.17) is 5.73 Å². The Kier molecular flexibility index (Phi) is 4.90. The van der Waals surface area contributed by atoms with Crippen molar-refractivity contribution in [3.8, 4) is 22.5 Å². The number of nitrogens with two attached hydrogens (primary N) is 1. The van der Waals surface area contributed by atoms with Gasteiger partial charge < -0.3 is 15.6 Å². The SMILES string of the molecule is Cc1cc(F)cc(-c2cnnc(-c3cc4cc(F)ccc4[nH]3)c2N2CCC(N)CC2)c1. The first-order chi connectivity index (χ1) is 15.0. The van der Waals surface area contributed by atoms with Gasteiger partial charge in [0.25, 0.3) is 0 Å². The Balaban J connectivity index is 1.71. The molecule has 1 fully saturated rings. The number of H-pyrrole nitrogens is 1. The molecule has 0 atom stereocenters. The summed E-state index contributed by atoms with van der Waals surface area (Å²) in [4.78, 5) is 5.58. The van der Waals surface area contributed by atoms with Gasteiger partial charge in [-0.2, -0.15) is 5.10 Å². The van der Waals surface area contributed by atoms with Gasteiger partial charge >= 0.3 is 0 Å². The minimum atomic E-state index is -0.293. The zero-order valence-electron chi connectivity index (χ0n) is 17.2. The first-order valence-electron chi connectivity index (χ1n) is 10.4. The molecule has 5 rings (SSSR count). The normalized spacial score (nSPS) is 15.0. The standard InChI is InChI=1S/C24H23F2N5/c1-14-8-15(10-18(26)9-14)20-13-28-30-23(24(20)31-6-4-19(27)5-7-31)22-12-16-11-17(25)2-3-21(16)29-22/h2-3,8-13,19,29H,4-7,27H2,1H3. The van der Waals surface area contributed by atoms with Crippen LogP contribution in [0.5, 0.6) is 0 Å². The first kappa shape index (κ1) is 19.6. The molecular formula is C24H23F2N5. The van der Waals surface area contributed by atoms with Crippen LogP contribution < -0.4 is 10.6 Å². The van der Waals surface area contributed by atoms with Crippen LogP contribution in [-0.4, -0.2) is 34.3 Å². The van der Waals surface area contributed by atoms with Crippen LogP contribution in [0.1, 0.15) is 18.4 Å². The van der Waals surface area contributed by atoms with E-state index >= 15 is 0 Å². The number of nitrogens with zero attached hydrogens (tertiary/aromatic N) is 3. The molecule has 1 aliphatic rings. The van der Waals surface area contributed by atoms with Crippen LogP contribution in [0.2, 0.25) is 0 Å². The highest BCUT2D eigenvalue weighted by Crippen LogP contribution is 2.39. The first-order valence-corrected chi connectivity index (χ1v) is 10.4. The second kappa shape index (κ2) is 7.74. The Hall–Kier alpha value is -3.32. The molecule has 2 aromatic heterocycles. The highest BCUT2D eigenvalue weighted by atomic mass is 19.1. The highest BCUT2D eigenvalue weighted by molar-refractivity contribution is 5.92. The fourth-order valence-electron chi connectivity index (χ4n) is 4.34. The number of aromatic amines is 1. The molecule has 7 heteroatoms. The molecular weight excluding hydrogens is 396 g/mol. The van der Waals surface area contributed by atoms with Crippen LogP contribution in [0.15, 0.2) is 48.7 Å². The molecule has 5 nitrogen and oxygen atoms in total. The average Bonchev–Trinajstić information content (AvgIpc) is 3.16. The number of piperidine rings is 1. The minimum absolute atomic E-state index is 0.172. The van der Waals surface area contributed by atoms with Gasteiger partial charge in [-0.15, -0.1) is 5.10 Å². The molecule has 31 heavy (non-hydrogen) atoms. The number of hydrogen-bond acceptors (Lipinski definition) is 4. The minimum Gasteiger partial charge on any atom is -0.369 e. The van der Waals surface area contributed by atoms with E-state index in [2.05, 4.69) is 20.1 Å². The van der Waals surface area contributed by atoms with E-state index in [0.717, 1.165) is 64.9 Å². The van der Waals surface area contributed by atoms with E-state index in [0.29, 0.717) is 5.69 Å². The predicted octanol–water partition coefficient (Wildman–Crippen LogP) is 4.81. The van der Waals surface area contributed by atoms with Crippen LogP contribution in [0.25, 0.3) is 33.4 Å². The number of rotatable bonds is 3. The molecule has 0 radical (unpaired) electrons. The van der Waals surface area contributed by atoms with Crippen molar-refractivity contribution in [1.29, 1.82) is 0 Å². The molecule has 0 aliphatic carbocycles. The van der Waals surface area contributed by atoms with Gasteiger partial charge in [-0.25, -0.2) is 8.78 Å². The molecule has 0 bridgehead atoms. The Morgan fingerprint density at radius 3 is 2.61 bits per heavy atom. The molecule has 0 saturated carbocycles. The van der Waals surface area contributed by atoms with Crippen LogP contribution in [0.3, 0.4) is 0 Å². The maximum atomic E-state index is 14.2. The summed E-state index contributed by atoms with van der Waals surface area (Å²) in [5.41, 5.74) is 11.6. The summed E-state index contributed by atoms with van der Waals surface area (Å²) in [6.45, 7) is 3.42. The van der Waals surface area contributed by atoms with Gasteiger partial charge in [-0.1, -0.05) is 6.07 Å². The van der Waals surface area contributed by atoms with Gasteiger partial charge in [-0.05, 0) is 67.3 Å². The largest absolute Gasteiger partial charge is 0.369 e. The van der Waals surface area contributed by atoms with Crippen molar-refractivity contribution in [2.75, 3.05) is 18.0 Å². The van der Waals surface area contributed by atoms with Crippen LogP contribution in [0, 0.1) is 18.6 Å². The van der Waals surface area contributed by atoms with E-state index in [-0.39, 0.29) is 17.7 Å². The number of hydrogen-bond donors (Lipinski definition) is 2. The third-order valence-corrected chi connectivity index (χ3v) is 5.87. The molecule has 3 heterocycles. The van der Waals surface area contributed by atoms with Crippen LogP contribution in [0.4, 0.5) is 14.5 Å². The molecule has 1 aliphatic heterocycles. The summed E-state index contributed by atoms with van der Waals surface area (Å²) in [5, 5.41) is 9.45. The number of benzene rings is 2. The zero-order chi connectivity index (χ0) is 21.5.